The Balaban J connectivity index is 2.02. The number of rotatable bonds is 3. The Labute approximate surface area is 140 Å². The smallest absolute Gasteiger partial charge is 0.0339 e. The third-order valence-electron chi connectivity index (χ3n) is 7.53. The molecule has 0 N–H and O–H groups in total. The third kappa shape index (κ3) is 3.73. The van der Waals surface area contributed by atoms with Crippen molar-refractivity contribution in [1.82, 2.24) is 0 Å². The van der Waals surface area contributed by atoms with Crippen LogP contribution < -0.4 is 0 Å². The normalized spacial score (nSPS) is 47.2. The van der Waals surface area contributed by atoms with Gasteiger partial charge < -0.3 is 0 Å². The molecule has 0 aliphatic heterocycles. The highest BCUT2D eigenvalue weighted by molar-refractivity contribution is 4.91. The average molecular weight is 307 g/mol. The van der Waals surface area contributed by atoms with Gasteiger partial charge in [-0.2, -0.15) is 0 Å². The zero-order valence-electron chi connectivity index (χ0n) is 16.6. The molecule has 0 nitrogen and oxygen atoms in total. The Bertz CT molecular complexity index is 284. The lowest BCUT2D eigenvalue weighted by molar-refractivity contribution is 0.0101. The maximum atomic E-state index is 2.54. The highest BCUT2D eigenvalue weighted by Gasteiger charge is 2.42. The van der Waals surface area contributed by atoms with E-state index in [4.69, 9.17) is 0 Å². The Morgan fingerprint density at radius 1 is 0.500 bits per heavy atom. The third-order valence-corrected chi connectivity index (χ3v) is 7.53. The van der Waals surface area contributed by atoms with E-state index in [9.17, 15) is 0 Å². The van der Waals surface area contributed by atoms with Crippen molar-refractivity contribution in [2.24, 2.45) is 59.2 Å². The van der Waals surface area contributed by atoms with Crippen molar-refractivity contribution in [2.45, 2.75) is 81.1 Å². The molecule has 0 spiro atoms. The zero-order valence-corrected chi connectivity index (χ0v) is 16.6. The van der Waals surface area contributed by atoms with Crippen LogP contribution in [0.1, 0.15) is 81.1 Å². The van der Waals surface area contributed by atoms with Gasteiger partial charge in [-0.1, -0.05) is 55.4 Å². The first-order valence-corrected chi connectivity index (χ1v) is 10.2. The average Bonchev–Trinajstić information content (AvgIpc) is 2.35. The predicted octanol–water partition coefficient (Wildman–Crippen LogP) is 6.90. The van der Waals surface area contributed by atoms with E-state index in [1.807, 2.05) is 0 Å². The summed E-state index contributed by atoms with van der Waals surface area (Å²) < 4.78 is 0. The minimum absolute atomic E-state index is 0.862. The van der Waals surface area contributed by atoms with Gasteiger partial charge in [-0.15, -0.1) is 0 Å². The van der Waals surface area contributed by atoms with Crippen molar-refractivity contribution in [3.63, 3.8) is 0 Å². The van der Waals surface area contributed by atoms with Crippen LogP contribution in [0.3, 0.4) is 0 Å². The Hall–Kier alpha value is 0. The van der Waals surface area contributed by atoms with Crippen LogP contribution in [0.25, 0.3) is 0 Å². The summed E-state index contributed by atoms with van der Waals surface area (Å²) in [5.41, 5.74) is 0. The molecule has 130 valence electrons. The van der Waals surface area contributed by atoms with Crippen molar-refractivity contribution in [2.75, 3.05) is 0 Å². The van der Waals surface area contributed by atoms with E-state index in [-0.39, 0.29) is 0 Å². The highest BCUT2D eigenvalue weighted by atomic mass is 14.5. The van der Waals surface area contributed by atoms with Gasteiger partial charge in [0.05, 0.1) is 0 Å². The van der Waals surface area contributed by atoms with Crippen molar-refractivity contribution in [1.29, 1.82) is 0 Å². The first kappa shape index (κ1) is 18.3. The summed E-state index contributed by atoms with van der Waals surface area (Å²) in [6, 6.07) is 0. The van der Waals surface area contributed by atoms with Gasteiger partial charge in [-0.25, -0.2) is 0 Å². The molecule has 0 aromatic rings. The van der Waals surface area contributed by atoms with Crippen molar-refractivity contribution >= 4 is 0 Å². The minimum Gasteiger partial charge on any atom is -0.0625 e. The van der Waals surface area contributed by atoms with Crippen LogP contribution >= 0.6 is 0 Å². The summed E-state index contributed by atoms with van der Waals surface area (Å²) >= 11 is 0. The maximum Gasteiger partial charge on any atom is -0.0339 e. The van der Waals surface area contributed by atoms with Gasteiger partial charge in [-0.3, -0.25) is 0 Å². The van der Waals surface area contributed by atoms with Crippen LogP contribution in [0.15, 0.2) is 0 Å². The molecule has 0 heterocycles. The summed E-state index contributed by atoms with van der Waals surface area (Å²) in [5, 5.41) is 0. The van der Waals surface area contributed by atoms with Gasteiger partial charge in [0.25, 0.3) is 0 Å². The van der Waals surface area contributed by atoms with E-state index < -0.39 is 0 Å². The standard InChI is InChI=1S/C22H42/c1-13(2)21-15(5)9-19(10-16(21)6)20-11-17(7)22(14(3)4)18(8)12-20/h13-22H,9-12H2,1-8H3. The molecule has 0 aromatic carbocycles. The second kappa shape index (κ2) is 7.27. The molecule has 0 heteroatoms. The fourth-order valence-electron chi connectivity index (χ4n) is 7.25. The molecule has 22 heavy (non-hydrogen) atoms. The van der Waals surface area contributed by atoms with Crippen molar-refractivity contribution in [3.8, 4) is 0 Å². The molecule has 2 fully saturated rings. The number of hydrogen-bond donors (Lipinski definition) is 0. The lowest BCUT2D eigenvalue weighted by atomic mass is 9.57. The molecule has 0 amide bonds. The van der Waals surface area contributed by atoms with E-state index in [1.54, 1.807) is 0 Å². The van der Waals surface area contributed by atoms with Crippen LogP contribution in [0, 0.1) is 59.2 Å². The number of hydrogen-bond acceptors (Lipinski definition) is 0. The van der Waals surface area contributed by atoms with Crippen LogP contribution in [0.2, 0.25) is 0 Å². The van der Waals surface area contributed by atoms with Crippen LogP contribution in [-0.2, 0) is 0 Å². The first-order chi connectivity index (χ1) is 10.2. The molecule has 0 saturated heterocycles. The van der Waals surface area contributed by atoms with E-state index in [1.165, 1.54) is 25.7 Å². The van der Waals surface area contributed by atoms with E-state index in [2.05, 4.69) is 55.4 Å². The monoisotopic (exact) mass is 306 g/mol. The molecular weight excluding hydrogens is 264 g/mol. The lowest BCUT2D eigenvalue weighted by Gasteiger charge is -2.49. The van der Waals surface area contributed by atoms with E-state index >= 15 is 0 Å². The Kier molecular flexibility index (Phi) is 6.06. The Morgan fingerprint density at radius 3 is 0.909 bits per heavy atom. The highest BCUT2D eigenvalue weighted by Crippen LogP contribution is 2.50. The fourth-order valence-corrected chi connectivity index (χ4v) is 7.25. The lowest BCUT2D eigenvalue weighted by Crippen LogP contribution is -2.40. The minimum atomic E-state index is 0.862. The second-order valence-electron chi connectivity index (χ2n) is 10.0. The van der Waals surface area contributed by atoms with Crippen molar-refractivity contribution < 1.29 is 0 Å². The largest absolute Gasteiger partial charge is 0.0625 e. The molecule has 2 saturated carbocycles. The van der Waals surface area contributed by atoms with Crippen LogP contribution in [0.4, 0.5) is 0 Å². The van der Waals surface area contributed by atoms with Gasteiger partial charge in [0.15, 0.2) is 0 Å². The van der Waals surface area contributed by atoms with Crippen LogP contribution in [-0.4, -0.2) is 0 Å². The molecular formula is C22H42. The summed E-state index contributed by atoms with van der Waals surface area (Å²) in [5.74, 6) is 9.39. The molecule has 0 radical (unpaired) electrons. The van der Waals surface area contributed by atoms with Crippen molar-refractivity contribution in [3.05, 3.63) is 0 Å². The molecule has 2 aliphatic rings. The molecule has 2 rings (SSSR count). The zero-order chi connectivity index (χ0) is 16.6. The van der Waals surface area contributed by atoms with E-state index in [0.29, 0.717) is 0 Å². The van der Waals surface area contributed by atoms with Crippen LogP contribution in [0.5, 0.6) is 0 Å². The molecule has 4 unspecified atom stereocenters. The fraction of sp³-hybridized carbons (Fsp3) is 1.00. The summed E-state index contributed by atoms with van der Waals surface area (Å²) in [4.78, 5) is 0. The molecule has 0 aromatic heterocycles. The SMILES string of the molecule is CC(C)C1C(C)CC(C2CC(C)C(C(C)C)C(C)C2)CC1C. The first-order valence-electron chi connectivity index (χ1n) is 10.2. The van der Waals surface area contributed by atoms with Gasteiger partial charge >= 0.3 is 0 Å². The Morgan fingerprint density at radius 2 is 0.727 bits per heavy atom. The predicted molar refractivity (Wildman–Crippen MR) is 98.8 cm³/mol. The second-order valence-corrected chi connectivity index (χ2v) is 10.0. The summed E-state index contributed by atoms with van der Waals surface area (Å²) in [6.45, 7) is 19.9. The topological polar surface area (TPSA) is 0 Å². The molecule has 4 atom stereocenters. The van der Waals surface area contributed by atoms with Gasteiger partial charge in [-0.05, 0) is 84.9 Å². The van der Waals surface area contributed by atoms with Gasteiger partial charge in [0.2, 0.25) is 0 Å². The molecule has 2 aliphatic carbocycles. The maximum absolute atomic E-state index is 2.54. The van der Waals surface area contributed by atoms with E-state index in [0.717, 1.165) is 59.2 Å². The quantitative estimate of drug-likeness (QED) is 0.532. The van der Waals surface area contributed by atoms with Gasteiger partial charge in [0.1, 0.15) is 0 Å². The molecule has 0 bridgehead atoms. The van der Waals surface area contributed by atoms with Gasteiger partial charge in [0, 0.05) is 0 Å². The summed E-state index contributed by atoms with van der Waals surface area (Å²) in [6.07, 6.45) is 6.01. The summed E-state index contributed by atoms with van der Waals surface area (Å²) in [7, 11) is 0.